The standard InChI is InChI=1S/C20H14BrF3N2O3/c21-18-12-4-2-1-3-11(12)5-8-15(18)29-10-17(28)25-9-16(27)26-14-7-6-13(22)19(23)20(14)24/h1-8H,9-10H2,(H,25,28)(H,26,27). The van der Waals surface area contributed by atoms with Gasteiger partial charge in [0.05, 0.1) is 16.7 Å². The van der Waals surface area contributed by atoms with E-state index in [4.69, 9.17) is 4.74 Å². The first-order valence-electron chi connectivity index (χ1n) is 8.37. The summed E-state index contributed by atoms with van der Waals surface area (Å²) in [6, 6.07) is 12.7. The number of ether oxygens (including phenoxy) is 1. The van der Waals surface area contributed by atoms with Crippen LogP contribution in [0.3, 0.4) is 0 Å². The van der Waals surface area contributed by atoms with Crippen molar-refractivity contribution in [2.75, 3.05) is 18.5 Å². The summed E-state index contributed by atoms with van der Waals surface area (Å²) in [4.78, 5) is 23.7. The van der Waals surface area contributed by atoms with Crippen LogP contribution in [0.4, 0.5) is 18.9 Å². The van der Waals surface area contributed by atoms with Crippen molar-refractivity contribution in [3.05, 3.63) is 70.5 Å². The first-order valence-corrected chi connectivity index (χ1v) is 9.16. The van der Waals surface area contributed by atoms with E-state index in [1.54, 1.807) is 6.07 Å². The molecule has 2 N–H and O–H groups in total. The van der Waals surface area contributed by atoms with Crippen LogP contribution in [0.1, 0.15) is 0 Å². The average Bonchev–Trinajstić information content (AvgIpc) is 2.72. The summed E-state index contributed by atoms with van der Waals surface area (Å²) in [5.41, 5.74) is -0.528. The van der Waals surface area contributed by atoms with Crippen LogP contribution in [0, 0.1) is 17.5 Å². The average molecular weight is 467 g/mol. The van der Waals surface area contributed by atoms with E-state index in [9.17, 15) is 22.8 Å². The van der Waals surface area contributed by atoms with Crippen molar-refractivity contribution in [1.29, 1.82) is 0 Å². The Balaban J connectivity index is 1.52. The number of rotatable bonds is 6. The normalized spacial score (nSPS) is 10.6. The van der Waals surface area contributed by atoms with E-state index in [0.717, 1.165) is 16.8 Å². The Morgan fingerprint density at radius 2 is 1.69 bits per heavy atom. The van der Waals surface area contributed by atoms with Gasteiger partial charge >= 0.3 is 0 Å². The number of carbonyl (C=O) groups excluding carboxylic acids is 2. The van der Waals surface area contributed by atoms with E-state index >= 15 is 0 Å². The summed E-state index contributed by atoms with van der Waals surface area (Å²) in [7, 11) is 0. The van der Waals surface area contributed by atoms with Crippen LogP contribution in [0.2, 0.25) is 0 Å². The summed E-state index contributed by atoms with van der Waals surface area (Å²) in [5, 5.41) is 6.26. The third kappa shape index (κ3) is 4.86. The number of amides is 2. The van der Waals surface area contributed by atoms with Crippen LogP contribution in [0.25, 0.3) is 10.8 Å². The fourth-order valence-corrected chi connectivity index (χ4v) is 3.12. The molecule has 0 aliphatic heterocycles. The highest BCUT2D eigenvalue weighted by Crippen LogP contribution is 2.32. The fourth-order valence-electron chi connectivity index (χ4n) is 2.52. The number of nitrogens with one attached hydrogen (secondary N) is 2. The van der Waals surface area contributed by atoms with E-state index in [0.29, 0.717) is 16.3 Å². The highest BCUT2D eigenvalue weighted by Gasteiger charge is 2.16. The maximum Gasteiger partial charge on any atom is 0.258 e. The second-order valence-electron chi connectivity index (χ2n) is 5.94. The molecule has 0 radical (unpaired) electrons. The molecule has 150 valence electrons. The Bertz CT molecular complexity index is 1090. The summed E-state index contributed by atoms with van der Waals surface area (Å²) < 4.78 is 45.7. The molecule has 2 amide bonds. The molecule has 0 saturated heterocycles. The molecule has 0 saturated carbocycles. The van der Waals surface area contributed by atoms with Gasteiger partial charge in [-0.3, -0.25) is 9.59 Å². The molecule has 0 bridgehead atoms. The molecule has 3 aromatic rings. The van der Waals surface area contributed by atoms with Gasteiger partial charge in [0.2, 0.25) is 5.91 Å². The van der Waals surface area contributed by atoms with E-state index in [1.165, 1.54) is 0 Å². The molecule has 0 heterocycles. The van der Waals surface area contributed by atoms with Crippen molar-refractivity contribution >= 4 is 44.2 Å². The van der Waals surface area contributed by atoms with Gasteiger partial charge in [-0.15, -0.1) is 0 Å². The minimum atomic E-state index is -1.69. The lowest BCUT2D eigenvalue weighted by molar-refractivity contribution is -0.125. The van der Waals surface area contributed by atoms with Crippen molar-refractivity contribution in [1.82, 2.24) is 5.32 Å². The maximum absolute atomic E-state index is 13.5. The third-order valence-corrected chi connectivity index (χ3v) is 4.76. The lowest BCUT2D eigenvalue weighted by Gasteiger charge is -2.11. The molecule has 0 spiro atoms. The topological polar surface area (TPSA) is 67.4 Å². The minimum absolute atomic E-state index is 0.357. The van der Waals surface area contributed by atoms with Crippen LogP contribution in [-0.2, 0) is 9.59 Å². The van der Waals surface area contributed by atoms with Gasteiger partial charge in [-0.2, -0.15) is 0 Å². The van der Waals surface area contributed by atoms with E-state index in [-0.39, 0.29) is 6.61 Å². The molecule has 5 nitrogen and oxygen atoms in total. The number of carbonyl (C=O) groups is 2. The first-order chi connectivity index (χ1) is 13.9. The highest BCUT2D eigenvalue weighted by molar-refractivity contribution is 9.10. The summed E-state index contributed by atoms with van der Waals surface area (Å²) in [6.45, 7) is -0.858. The molecule has 0 aliphatic carbocycles. The van der Waals surface area contributed by atoms with E-state index in [2.05, 4.69) is 26.6 Å². The van der Waals surface area contributed by atoms with Gasteiger partial charge in [-0.25, -0.2) is 13.2 Å². The number of fused-ring (bicyclic) bond motifs is 1. The van der Waals surface area contributed by atoms with Crippen LogP contribution in [-0.4, -0.2) is 25.0 Å². The van der Waals surface area contributed by atoms with Gasteiger partial charge in [-0.1, -0.05) is 30.3 Å². The predicted molar refractivity (Wildman–Crippen MR) is 105 cm³/mol. The van der Waals surface area contributed by atoms with Gasteiger partial charge in [-0.05, 0) is 44.9 Å². The molecule has 0 atom stereocenters. The zero-order valence-electron chi connectivity index (χ0n) is 14.8. The molecule has 0 aromatic heterocycles. The van der Waals surface area contributed by atoms with Crippen LogP contribution in [0.15, 0.2) is 53.0 Å². The molecule has 9 heteroatoms. The Kier molecular flexibility index (Phi) is 6.38. The molecule has 0 fully saturated rings. The maximum atomic E-state index is 13.5. The number of anilines is 1. The van der Waals surface area contributed by atoms with E-state index in [1.807, 2.05) is 30.3 Å². The van der Waals surface area contributed by atoms with Crippen molar-refractivity contribution in [2.24, 2.45) is 0 Å². The quantitative estimate of drug-likeness (QED) is 0.536. The SMILES string of the molecule is O=C(COc1ccc2ccccc2c1Br)NCC(=O)Nc1ccc(F)c(F)c1F. The molecule has 3 aromatic carbocycles. The second-order valence-corrected chi connectivity index (χ2v) is 6.73. The van der Waals surface area contributed by atoms with E-state index < -0.39 is 41.5 Å². The Morgan fingerprint density at radius 1 is 0.931 bits per heavy atom. The van der Waals surface area contributed by atoms with Crippen molar-refractivity contribution in [3.8, 4) is 5.75 Å². The van der Waals surface area contributed by atoms with Crippen molar-refractivity contribution in [2.45, 2.75) is 0 Å². The number of hydrogen-bond acceptors (Lipinski definition) is 3. The Morgan fingerprint density at radius 3 is 2.48 bits per heavy atom. The van der Waals surface area contributed by atoms with Gasteiger partial charge < -0.3 is 15.4 Å². The summed E-state index contributed by atoms with van der Waals surface area (Å²) in [5.74, 6) is -5.53. The fraction of sp³-hybridized carbons (Fsp3) is 0.100. The molecular formula is C20H14BrF3N2O3. The van der Waals surface area contributed by atoms with Crippen LogP contribution in [0.5, 0.6) is 5.75 Å². The van der Waals surface area contributed by atoms with Crippen LogP contribution >= 0.6 is 15.9 Å². The van der Waals surface area contributed by atoms with Gasteiger partial charge in [0, 0.05) is 0 Å². The van der Waals surface area contributed by atoms with Gasteiger partial charge in [0.25, 0.3) is 5.91 Å². The Labute approximate surface area is 172 Å². The first kappa shape index (κ1) is 20.7. The number of halogens is 4. The summed E-state index contributed by atoms with van der Waals surface area (Å²) >= 11 is 3.44. The molecule has 0 unspecified atom stereocenters. The molecular weight excluding hydrogens is 453 g/mol. The smallest absolute Gasteiger partial charge is 0.258 e. The zero-order chi connectivity index (χ0) is 21.0. The lowest BCUT2D eigenvalue weighted by Crippen LogP contribution is -2.36. The van der Waals surface area contributed by atoms with Gasteiger partial charge in [0.1, 0.15) is 5.75 Å². The third-order valence-electron chi connectivity index (χ3n) is 3.94. The number of hydrogen-bond donors (Lipinski definition) is 2. The monoisotopic (exact) mass is 466 g/mol. The van der Waals surface area contributed by atoms with Crippen molar-refractivity contribution in [3.63, 3.8) is 0 Å². The molecule has 0 aliphatic rings. The van der Waals surface area contributed by atoms with Crippen molar-refractivity contribution < 1.29 is 27.5 Å². The minimum Gasteiger partial charge on any atom is -0.483 e. The number of benzene rings is 3. The lowest BCUT2D eigenvalue weighted by atomic mass is 10.1. The Hall–Kier alpha value is -3.07. The largest absolute Gasteiger partial charge is 0.483 e. The second kappa shape index (κ2) is 8.95. The van der Waals surface area contributed by atoms with Crippen LogP contribution < -0.4 is 15.4 Å². The summed E-state index contributed by atoms with van der Waals surface area (Å²) in [6.07, 6.45) is 0. The molecule has 3 rings (SSSR count). The molecule has 29 heavy (non-hydrogen) atoms. The predicted octanol–water partition coefficient (Wildman–Crippen LogP) is 4.15. The zero-order valence-corrected chi connectivity index (χ0v) is 16.4. The highest BCUT2D eigenvalue weighted by atomic mass is 79.9. The van der Waals surface area contributed by atoms with Gasteiger partial charge in [0.15, 0.2) is 24.1 Å².